The maximum absolute atomic E-state index is 7.43. The van der Waals surface area contributed by atoms with E-state index >= 15 is 0 Å². The molecule has 0 radical (unpaired) electrons. The number of nitriles is 2. The van der Waals surface area contributed by atoms with E-state index in [-0.39, 0.29) is 19.5 Å². The average Bonchev–Trinajstić information content (AvgIpc) is 2.93. The second-order valence-corrected chi connectivity index (χ2v) is 5.73. The van der Waals surface area contributed by atoms with Crippen LogP contribution in [-0.2, 0) is 19.5 Å². The standard InChI is InChI=1S/2C10H9N3.2C2N3.Zn/c2*1-3-7-11-9(5-1)13-10-6-2-4-8-12-10;2*3-1-5-2-4;/h2*1-8H,(H,11,12,13);;;/q;;2*-1;+2. The van der Waals surface area contributed by atoms with Crippen LogP contribution in [0.1, 0.15) is 0 Å². The van der Waals surface area contributed by atoms with Crippen LogP contribution in [0.2, 0.25) is 0 Å². The van der Waals surface area contributed by atoms with Gasteiger partial charge in [-0.25, -0.2) is 19.9 Å². The van der Waals surface area contributed by atoms with Crippen molar-refractivity contribution < 1.29 is 19.5 Å². The third-order valence-corrected chi connectivity index (χ3v) is 3.37. The summed E-state index contributed by atoms with van der Waals surface area (Å²) < 4.78 is 0. The van der Waals surface area contributed by atoms with Crippen LogP contribution in [0, 0.1) is 22.9 Å². The fraction of sp³-hybridized carbons (Fsp3) is 0. The largest absolute Gasteiger partial charge is 2.00 e. The van der Waals surface area contributed by atoms with Crippen LogP contribution < -0.4 is 10.6 Å². The fourth-order valence-electron chi connectivity index (χ4n) is 2.05. The molecule has 12 nitrogen and oxygen atoms in total. The van der Waals surface area contributed by atoms with Gasteiger partial charge in [-0.15, -0.1) is 12.0 Å². The van der Waals surface area contributed by atoms with Gasteiger partial charge in [-0.2, -0.15) is 10.5 Å². The van der Waals surface area contributed by atoms with Crippen LogP contribution in [0.5, 0.6) is 0 Å². The van der Waals surface area contributed by atoms with E-state index in [9.17, 15) is 0 Å². The van der Waals surface area contributed by atoms with E-state index in [0.717, 1.165) is 23.3 Å². The summed E-state index contributed by atoms with van der Waals surface area (Å²) in [5, 5.41) is 35.9. The molecule has 0 saturated heterocycles. The van der Waals surface area contributed by atoms with E-state index in [1.807, 2.05) is 72.8 Å². The Bertz CT molecular complexity index is 1120. The Hall–Kier alpha value is -5.44. The molecule has 37 heavy (non-hydrogen) atoms. The van der Waals surface area contributed by atoms with Gasteiger partial charge >= 0.3 is 19.5 Å². The molecule has 0 saturated carbocycles. The van der Waals surface area contributed by atoms with Gasteiger partial charge in [-0.3, -0.25) is 0 Å². The molecule has 0 aliphatic carbocycles. The summed E-state index contributed by atoms with van der Waals surface area (Å²) >= 11 is 0. The zero-order valence-corrected chi connectivity index (χ0v) is 22.4. The molecule has 0 aliphatic heterocycles. The van der Waals surface area contributed by atoms with Crippen LogP contribution in [0.3, 0.4) is 0 Å². The van der Waals surface area contributed by atoms with Crippen molar-refractivity contribution in [2.24, 2.45) is 9.98 Å². The fourth-order valence-corrected chi connectivity index (χ4v) is 2.05. The third kappa shape index (κ3) is 16.8. The van der Waals surface area contributed by atoms with E-state index in [1.54, 1.807) is 24.8 Å². The third-order valence-electron chi connectivity index (χ3n) is 3.37. The monoisotopic (exact) mass is 538 g/mol. The molecule has 0 amide bonds. The second kappa shape index (κ2) is 22.4. The van der Waals surface area contributed by atoms with Crippen molar-refractivity contribution in [2.45, 2.75) is 0 Å². The molecule has 0 aliphatic rings. The second-order valence-electron chi connectivity index (χ2n) is 5.73. The maximum Gasteiger partial charge on any atom is 2.00 e. The van der Waals surface area contributed by atoms with Crippen molar-refractivity contribution in [2.75, 3.05) is 10.6 Å². The zero-order chi connectivity index (χ0) is 26.1. The van der Waals surface area contributed by atoms with Gasteiger partial charge in [0, 0.05) is 24.8 Å². The molecule has 0 spiro atoms. The summed E-state index contributed by atoms with van der Waals surface area (Å²) in [5.41, 5.74) is 0. The number of nitrogens with zero attached hydrogens (tertiary/aromatic N) is 10. The minimum Gasteiger partial charge on any atom is -0.422 e. The first-order valence-corrected chi connectivity index (χ1v) is 9.87. The van der Waals surface area contributed by atoms with E-state index in [4.69, 9.17) is 21.3 Å². The average molecular weight is 540 g/mol. The quantitative estimate of drug-likeness (QED) is 0.208. The molecule has 13 heteroatoms. The minimum absolute atomic E-state index is 0. The van der Waals surface area contributed by atoms with Crippen LogP contribution in [0.15, 0.2) is 108 Å². The Morgan fingerprint density at radius 3 is 0.946 bits per heavy atom. The number of pyridine rings is 4. The molecule has 2 N–H and O–H groups in total. The number of hydrogen-bond donors (Lipinski definition) is 2. The number of aliphatic imine (C=N–C) groups is 2. The van der Waals surface area contributed by atoms with Crippen molar-refractivity contribution in [3.8, 4) is 12.4 Å². The van der Waals surface area contributed by atoms with Gasteiger partial charge in [0.2, 0.25) is 0 Å². The number of aromatic nitrogens is 4. The Labute approximate surface area is 226 Å². The summed E-state index contributed by atoms with van der Waals surface area (Å²) in [6, 6.07) is 25.4. The summed E-state index contributed by atoms with van der Waals surface area (Å²) in [5.74, 6) is 3.23. The van der Waals surface area contributed by atoms with Gasteiger partial charge in [-0.1, -0.05) is 24.3 Å². The topological polar surface area (TPSA) is 193 Å². The van der Waals surface area contributed by atoms with Crippen LogP contribution in [-0.4, -0.2) is 32.0 Å². The van der Waals surface area contributed by atoms with Gasteiger partial charge in [-0.05, 0) is 48.5 Å². The summed E-state index contributed by atoms with van der Waals surface area (Å²) in [6.07, 6.45) is 9.53. The first-order valence-electron chi connectivity index (χ1n) is 9.87. The molecule has 4 rings (SSSR count). The van der Waals surface area contributed by atoms with E-state index in [1.165, 1.54) is 24.4 Å². The molecule has 0 unspecified atom stereocenters. The van der Waals surface area contributed by atoms with Gasteiger partial charge in [0.15, 0.2) is 0 Å². The first-order chi connectivity index (χ1) is 17.7. The Morgan fingerprint density at radius 1 is 0.541 bits per heavy atom. The smallest absolute Gasteiger partial charge is 0.422 e. The molecule has 0 aromatic carbocycles. The normalized spacial score (nSPS) is 7.73. The van der Waals surface area contributed by atoms with Crippen molar-refractivity contribution in [3.05, 3.63) is 108 Å². The minimum atomic E-state index is 0. The molecule has 4 aromatic rings. The van der Waals surface area contributed by atoms with Crippen molar-refractivity contribution >= 4 is 35.3 Å². The molecular formula is C24H18N12Zn. The van der Waals surface area contributed by atoms with Gasteiger partial charge < -0.3 is 31.4 Å². The number of hydrogen-bond acceptors (Lipinski definition) is 10. The van der Waals surface area contributed by atoms with Gasteiger partial charge in [0.1, 0.15) is 23.3 Å². The van der Waals surface area contributed by atoms with Crippen molar-refractivity contribution in [1.29, 1.82) is 10.5 Å². The van der Waals surface area contributed by atoms with Crippen LogP contribution in [0.25, 0.3) is 10.8 Å². The van der Waals surface area contributed by atoms with E-state index < -0.39 is 0 Å². The number of anilines is 4. The van der Waals surface area contributed by atoms with Crippen LogP contribution >= 0.6 is 0 Å². The molecule has 0 fully saturated rings. The number of nitrogens with one attached hydrogen (secondary N) is 2. The molecule has 176 valence electrons. The SMILES string of the molecule is N#CN=C=[N-].N#CN=C=[N-].[Zn+2].c1ccc(Nc2ccccn2)nc1.c1ccc(Nc2ccccn2)nc1. The molecular weight excluding hydrogens is 522 g/mol. The molecule has 4 heterocycles. The van der Waals surface area contributed by atoms with Crippen LogP contribution in [0.4, 0.5) is 23.3 Å². The summed E-state index contributed by atoms with van der Waals surface area (Å²) in [6.45, 7) is 0. The van der Waals surface area contributed by atoms with Crippen molar-refractivity contribution in [3.63, 3.8) is 0 Å². The predicted molar refractivity (Wildman–Crippen MR) is 136 cm³/mol. The van der Waals surface area contributed by atoms with Gasteiger partial charge in [0.05, 0.1) is 12.4 Å². The van der Waals surface area contributed by atoms with Crippen molar-refractivity contribution in [1.82, 2.24) is 19.9 Å². The zero-order valence-electron chi connectivity index (χ0n) is 19.4. The van der Waals surface area contributed by atoms with E-state index in [2.05, 4.69) is 40.6 Å². The summed E-state index contributed by atoms with van der Waals surface area (Å²) in [4.78, 5) is 21.7. The Kier molecular flexibility index (Phi) is 19.1. The summed E-state index contributed by atoms with van der Waals surface area (Å²) in [7, 11) is 0. The maximum atomic E-state index is 7.43. The Balaban J connectivity index is 0.000000510. The first kappa shape index (κ1) is 31.6. The van der Waals surface area contributed by atoms with Gasteiger partial charge in [0.25, 0.3) is 0 Å². The molecule has 0 bridgehead atoms. The number of rotatable bonds is 4. The Morgan fingerprint density at radius 2 is 0.811 bits per heavy atom. The molecule has 4 aromatic heterocycles. The molecule has 0 atom stereocenters. The van der Waals surface area contributed by atoms with E-state index in [0.29, 0.717) is 0 Å². The predicted octanol–water partition coefficient (Wildman–Crippen LogP) is 4.86.